The molecule has 0 spiro atoms. The molecule has 1 aliphatic rings. The van der Waals surface area contributed by atoms with E-state index in [0.29, 0.717) is 19.5 Å². The molecule has 0 aromatic heterocycles. The van der Waals surface area contributed by atoms with Gasteiger partial charge in [0.25, 0.3) is 0 Å². The lowest BCUT2D eigenvalue weighted by Gasteiger charge is -2.20. The lowest BCUT2D eigenvalue weighted by atomic mass is 9.94. The Morgan fingerprint density at radius 2 is 2.16 bits per heavy atom. The summed E-state index contributed by atoms with van der Waals surface area (Å²) in [7, 11) is 1.43. The maximum Gasteiger partial charge on any atom is 0.401 e. The summed E-state index contributed by atoms with van der Waals surface area (Å²) in [6.07, 6.45) is 2.98. The molecule has 0 radical (unpaired) electrons. The third-order valence-corrected chi connectivity index (χ3v) is 3.10. The molecule has 0 saturated heterocycles. The fraction of sp³-hybridized carbons (Fsp3) is 0.769. The molecule has 19 heavy (non-hydrogen) atoms. The van der Waals surface area contributed by atoms with Crippen LogP contribution in [0.3, 0.4) is 0 Å². The fourth-order valence-corrected chi connectivity index (χ4v) is 2.12. The molecule has 0 saturated carbocycles. The molecule has 3 nitrogen and oxygen atoms in total. The standard InChI is InChI=1S/C13H21F3N2O/c1-18(10-13(14,15)16)9-5-8-17-12(19)11-6-3-2-4-7-11/h2-3,11H,4-10H2,1H3,(H,17,19). The van der Waals surface area contributed by atoms with Crippen molar-refractivity contribution in [3.8, 4) is 0 Å². The number of halogens is 3. The van der Waals surface area contributed by atoms with Gasteiger partial charge in [-0.05, 0) is 39.3 Å². The average molecular weight is 278 g/mol. The maximum atomic E-state index is 12.1. The second-order valence-corrected chi connectivity index (χ2v) is 4.98. The average Bonchev–Trinajstić information content (AvgIpc) is 2.33. The van der Waals surface area contributed by atoms with E-state index < -0.39 is 12.7 Å². The smallest absolute Gasteiger partial charge is 0.356 e. The van der Waals surface area contributed by atoms with Gasteiger partial charge in [0.15, 0.2) is 0 Å². The van der Waals surface area contributed by atoms with Crippen molar-refractivity contribution in [1.82, 2.24) is 10.2 Å². The van der Waals surface area contributed by atoms with E-state index in [0.717, 1.165) is 19.3 Å². The predicted octanol–water partition coefficient (Wildman–Crippen LogP) is 2.34. The van der Waals surface area contributed by atoms with Crippen LogP contribution in [0.5, 0.6) is 0 Å². The van der Waals surface area contributed by atoms with E-state index in [9.17, 15) is 18.0 Å². The SMILES string of the molecule is CN(CCCNC(=O)C1CC=CCC1)CC(F)(F)F. The highest BCUT2D eigenvalue weighted by Crippen LogP contribution is 2.18. The van der Waals surface area contributed by atoms with Gasteiger partial charge >= 0.3 is 6.18 Å². The normalized spacial score (nSPS) is 19.7. The van der Waals surface area contributed by atoms with E-state index in [-0.39, 0.29) is 11.8 Å². The predicted molar refractivity (Wildman–Crippen MR) is 67.7 cm³/mol. The van der Waals surface area contributed by atoms with E-state index >= 15 is 0 Å². The highest BCUT2D eigenvalue weighted by Gasteiger charge is 2.28. The molecule has 1 amide bonds. The fourth-order valence-electron chi connectivity index (χ4n) is 2.12. The van der Waals surface area contributed by atoms with Crippen molar-refractivity contribution in [3.05, 3.63) is 12.2 Å². The Morgan fingerprint density at radius 3 is 2.74 bits per heavy atom. The van der Waals surface area contributed by atoms with Crippen molar-refractivity contribution in [3.63, 3.8) is 0 Å². The van der Waals surface area contributed by atoms with Crippen molar-refractivity contribution < 1.29 is 18.0 Å². The Morgan fingerprint density at radius 1 is 1.42 bits per heavy atom. The molecule has 0 aliphatic heterocycles. The van der Waals surface area contributed by atoms with Gasteiger partial charge in [0.05, 0.1) is 6.54 Å². The van der Waals surface area contributed by atoms with Gasteiger partial charge in [0.2, 0.25) is 5.91 Å². The number of rotatable bonds is 6. The van der Waals surface area contributed by atoms with Crippen LogP contribution in [-0.4, -0.2) is 43.7 Å². The number of carbonyl (C=O) groups excluding carboxylic acids is 1. The first-order valence-corrected chi connectivity index (χ1v) is 6.56. The molecule has 1 N–H and O–H groups in total. The minimum absolute atomic E-state index is 0.0165. The molecule has 1 rings (SSSR count). The summed E-state index contributed by atoms with van der Waals surface area (Å²) in [5.41, 5.74) is 0. The first-order valence-electron chi connectivity index (χ1n) is 6.56. The van der Waals surface area contributed by atoms with Gasteiger partial charge in [-0.1, -0.05) is 12.2 Å². The van der Waals surface area contributed by atoms with Crippen LogP contribution in [0.15, 0.2) is 12.2 Å². The molecule has 0 aromatic carbocycles. The quantitative estimate of drug-likeness (QED) is 0.597. The van der Waals surface area contributed by atoms with Crippen molar-refractivity contribution in [2.24, 2.45) is 5.92 Å². The minimum atomic E-state index is -4.16. The molecule has 0 bridgehead atoms. The van der Waals surface area contributed by atoms with Crippen molar-refractivity contribution in [2.75, 3.05) is 26.7 Å². The Bertz CT molecular complexity index is 316. The monoisotopic (exact) mass is 278 g/mol. The first kappa shape index (κ1) is 16.0. The summed E-state index contributed by atoms with van der Waals surface area (Å²) in [4.78, 5) is 13.0. The van der Waals surface area contributed by atoms with Crippen LogP contribution < -0.4 is 5.32 Å². The van der Waals surface area contributed by atoms with E-state index in [1.807, 2.05) is 6.08 Å². The van der Waals surface area contributed by atoms with Crippen LogP contribution in [0.2, 0.25) is 0 Å². The van der Waals surface area contributed by atoms with Gasteiger partial charge in [-0.3, -0.25) is 9.69 Å². The molecule has 1 unspecified atom stereocenters. The summed E-state index contributed by atoms with van der Waals surface area (Å²) in [5.74, 6) is 0.0423. The number of alkyl halides is 3. The van der Waals surface area contributed by atoms with E-state index in [1.54, 1.807) is 0 Å². The van der Waals surface area contributed by atoms with E-state index in [1.165, 1.54) is 11.9 Å². The number of nitrogens with one attached hydrogen (secondary N) is 1. The minimum Gasteiger partial charge on any atom is -0.356 e. The Labute approximate surface area is 111 Å². The van der Waals surface area contributed by atoms with Crippen LogP contribution in [0, 0.1) is 5.92 Å². The number of nitrogens with zero attached hydrogens (tertiary/aromatic N) is 1. The van der Waals surface area contributed by atoms with Gasteiger partial charge in [0, 0.05) is 12.5 Å². The van der Waals surface area contributed by atoms with Crippen molar-refractivity contribution >= 4 is 5.91 Å². The van der Waals surface area contributed by atoms with Gasteiger partial charge in [-0.2, -0.15) is 13.2 Å². The molecule has 1 aliphatic carbocycles. The maximum absolute atomic E-state index is 12.1. The Kier molecular flexibility index (Phi) is 6.34. The summed E-state index contributed by atoms with van der Waals surface area (Å²) in [6.45, 7) is -0.153. The summed E-state index contributed by atoms with van der Waals surface area (Å²) >= 11 is 0. The summed E-state index contributed by atoms with van der Waals surface area (Å²) in [6, 6.07) is 0. The number of hydrogen-bond acceptors (Lipinski definition) is 2. The zero-order chi connectivity index (χ0) is 14.3. The topological polar surface area (TPSA) is 32.3 Å². The number of amides is 1. The van der Waals surface area contributed by atoms with Crippen LogP contribution in [-0.2, 0) is 4.79 Å². The first-order chi connectivity index (χ1) is 8.88. The van der Waals surface area contributed by atoms with Gasteiger partial charge in [0.1, 0.15) is 0 Å². The third kappa shape index (κ3) is 7.20. The number of carbonyl (C=O) groups is 1. The molecular formula is C13H21F3N2O. The van der Waals surface area contributed by atoms with Crippen LogP contribution in [0.4, 0.5) is 13.2 Å². The second-order valence-electron chi connectivity index (χ2n) is 4.98. The molecule has 110 valence electrons. The van der Waals surface area contributed by atoms with Crippen molar-refractivity contribution in [1.29, 1.82) is 0 Å². The molecule has 6 heteroatoms. The largest absolute Gasteiger partial charge is 0.401 e. The zero-order valence-electron chi connectivity index (χ0n) is 11.2. The molecule has 0 heterocycles. The molecule has 1 atom stereocenters. The van der Waals surface area contributed by atoms with Gasteiger partial charge < -0.3 is 5.32 Å². The highest BCUT2D eigenvalue weighted by molar-refractivity contribution is 5.78. The van der Waals surface area contributed by atoms with Gasteiger partial charge in [-0.25, -0.2) is 0 Å². The lowest BCUT2D eigenvalue weighted by molar-refractivity contribution is -0.143. The second kappa shape index (κ2) is 7.53. The van der Waals surface area contributed by atoms with Crippen molar-refractivity contribution in [2.45, 2.75) is 31.9 Å². The molecule has 0 fully saturated rings. The summed E-state index contributed by atoms with van der Waals surface area (Å²) in [5, 5.41) is 2.79. The van der Waals surface area contributed by atoms with E-state index in [4.69, 9.17) is 0 Å². The highest BCUT2D eigenvalue weighted by atomic mass is 19.4. The number of hydrogen-bond donors (Lipinski definition) is 1. The lowest BCUT2D eigenvalue weighted by Crippen LogP contribution is -2.35. The third-order valence-electron chi connectivity index (χ3n) is 3.10. The summed E-state index contributed by atoms with van der Waals surface area (Å²) < 4.78 is 36.2. The van der Waals surface area contributed by atoms with Crippen LogP contribution in [0.25, 0.3) is 0 Å². The van der Waals surface area contributed by atoms with Crippen LogP contribution >= 0.6 is 0 Å². The Hall–Kier alpha value is -1.04. The number of allylic oxidation sites excluding steroid dienone is 2. The van der Waals surface area contributed by atoms with E-state index in [2.05, 4.69) is 11.4 Å². The molecule has 0 aromatic rings. The van der Waals surface area contributed by atoms with Gasteiger partial charge in [-0.15, -0.1) is 0 Å². The van der Waals surface area contributed by atoms with Crippen LogP contribution in [0.1, 0.15) is 25.7 Å². The molecular weight excluding hydrogens is 257 g/mol. The zero-order valence-corrected chi connectivity index (χ0v) is 11.2. The Balaban J connectivity index is 2.10.